The Kier molecular flexibility index (Phi) is 7.00. The van der Waals surface area contributed by atoms with Crippen LogP contribution in [0.3, 0.4) is 0 Å². The molecule has 0 bridgehead atoms. The molecule has 8 N–H and O–H groups in total. The number of urea groups is 1. The van der Waals surface area contributed by atoms with E-state index in [0.717, 1.165) is 47.3 Å². The van der Waals surface area contributed by atoms with E-state index in [9.17, 15) is 19.5 Å². The molecule has 1 aromatic carbocycles. The maximum atomic E-state index is 11.9. The number of carboxylic acids is 1. The van der Waals surface area contributed by atoms with Crippen LogP contribution in [-0.4, -0.2) is 28.6 Å². The minimum Gasteiger partial charge on any atom is -0.480 e. The molecule has 1 aliphatic rings. The van der Waals surface area contributed by atoms with Crippen molar-refractivity contribution in [1.82, 2.24) is 0 Å². The number of aliphatic carboxylic acids is 1. The summed E-state index contributed by atoms with van der Waals surface area (Å²) >= 11 is 1.20. The van der Waals surface area contributed by atoms with Crippen molar-refractivity contribution in [3.8, 4) is 10.4 Å². The van der Waals surface area contributed by atoms with Gasteiger partial charge in [0.15, 0.2) is 0 Å². The number of amides is 3. The third-order valence-electron chi connectivity index (χ3n) is 5.87. The number of carbonyl (C=O) groups excluding carboxylic acids is 2. The van der Waals surface area contributed by atoms with E-state index in [-0.39, 0.29) is 17.9 Å². The molecule has 0 saturated heterocycles. The number of anilines is 1. The van der Waals surface area contributed by atoms with Gasteiger partial charge in [0.2, 0.25) is 0 Å². The Labute approximate surface area is 190 Å². The maximum Gasteiger partial charge on any atom is 0.324 e. The molecular weight excluding hydrogens is 428 g/mol. The number of hydrogen-bond acceptors (Lipinski definition) is 5. The molecule has 3 rings (SSSR count). The zero-order valence-corrected chi connectivity index (χ0v) is 18.7. The Hall–Kier alpha value is -3.17. The van der Waals surface area contributed by atoms with E-state index >= 15 is 0 Å². The van der Waals surface area contributed by atoms with Gasteiger partial charge in [-0.2, -0.15) is 0 Å². The number of nitrogens with two attached hydrogens (primary N) is 3. The van der Waals surface area contributed by atoms with Gasteiger partial charge in [-0.3, -0.25) is 14.9 Å². The summed E-state index contributed by atoms with van der Waals surface area (Å²) in [5, 5.41) is 12.5. The number of nitrogens with one attached hydrogen (secondary N) is 1. The molecule has 1 atom stereocenters. The van der Waals surface area contributed by atoms with Gasteiger partial charge in [-0.25, -0.2) is 4.79 Å². The quantitative estimate of drug-likeness (QED) is 0.408. The summed E-state index contributed by atoms with van der Waals surface area (Å²) in [5.41, 5.74) is 18.5. The molecule has 0 radical (unpaired) electrons. The molecule has 1 fully saturated rings. The van der Waals surface area contributed by atoms with E-state index in [1.807, 2.05) is 37.3 Å². The van der Waals surface area contributed by atoms with E-state index in [1.165, 1.54) is 11.3 Å². The van der Waals surface area contributed by atoms with Gasteiger partial charge in [0.25, 0.3) is 5.91 Å². The van der Waals surface area contributed by atoms with Crippen LogP contribution in [0.5, 0.6) is 0 Å². The highest BCUT2D eigenvalue weighted by atomic mass is 32.1. The van der Waals surface area contributed by atoms with E-state index in [0.29, 0.717) is 5.00 Å². The molecule has 1 heterocycles. The standard InChI is InChI=1S/C23H28N4O4S/c1-13-9-14(5-4-8-23(26,21(29)30)16-6-2-3-7-16)11-15(10-13)18-12-17(19(24)28)20(32-18)27-22(25)31/h4-5,9-12,16H,2-3,6-8,26H2,1H3,(H2,24,28)(H,29,30)(H3,25,27,31)/t23-/m0/s1. The van der Waals surface area contributed by atoms with Crippen LogP contribution in [0, 0.1) is 12.8 Å². The van der Waals surface area contributed by atoms with Crippen molar-refractivity contribution >= 4 is 40.3 Å². The maximum absolute atomic E-state index is 11.9. The third-order valence-corrected chi connectivity index (χ3v) is 6.97. The van der Waals surface area contributed by atoms with Crippen molar-refractivity contribution in [2.45, 2.75) is 44.6 Å². The second kappa shape index (κ2) is 9.54. The summed E-state index contributed by atoms with van der Waals surface area (Å²) in [6, 6.07) is 6.68. The van der Waals surface area contributed by atoms with Crippen LogP contribution in [-0.2, 0) is 4.79 Å². The lowest BCUT2D eigenvalue weighted by molar-refractivity contribution is -0.145. The normalized spacial score (nSPS) is 16.2. The summed E-state index contributed by atoms with van der Waals surface area (Å²) in [4.78, 5) is 35.6. The lowest BCUT2D eigenvalue weighted by Gasteiger charge is -2.30. The number of thiophene rings is 1. The number of carbonyl (C=O) groups is 3. The molecule has 8 nitrogen and oxygen atoms in total. The second-order valence-corrected chi connectivity index (χ2v) is 9.32. The summed E-state index contributed by atoms with van der Waals surface area (Å²) < 4.78 is 0. The first-order valence-electron chi connectivity index (χ1n) is 10.4. The lowest BCUT2D eigenvalue weighted by atomic mass is 9.80. The summed E-state index contributed by atoms with van der Waals surface area (Å²) in [6.07, 6.45) is 7.63. The minimum atomic E-state index is -1.26. The van der Waals surface area contributed by atoms with Crippen LogP contribution < -0.4 is 22.5 Å². The zero-order chi connectivity index (χ0) is 23.5. The summed E-state index contributed by atoms with van der Waals surface area (Å²) in [7, 11) is 0. The van der Waals surface area contributed by atoms with Gasteiger partial charge >= 0.3 is 12.0 Å². The van der Waals surface area contributed by atoms with Crippen molar-refractivity contribution < 1.29 is 19.5 Å². The van der Waals surface area contributed by atoms with E-state index in [4.69, 9.17) is 17.2 Å². The molecule has 3 amide bonds. The molecule has 170 valence electrons. The number of rotatable bonds is 8. The predicted octanol–water partition coefficient (Wildman–Crippen LogP) is 3.69. The number of benzene rings is 1. The number of hydrogen-bond donors (Lipinski definition) is 5. The van der Waals surface area contributed by atoms with Crippen molar-refractivity contribution in [3.05, 3.63) is 47.0 Å². The van der Waals surface area contributed by atoms with Gasteiger partial charge in [-0.05, 0) is 60.9 Å². The van der Waals surface area contributed by atoms with Gasteiger partial charge < -0.3 is 22.3 Å². The third kappa shape index (κ3) is 5.17. The fourth-order valence-electron chi connectivity index (χ4n) is 4.23. The smallest absolute Gasteiger partial charge is 0.324 e. The largest absolute Gasteiger partial charge is 0.480 e. The molecule has 1 aromatic heterocycles. The number of primary amides is 2. The van der Waals surface area contributed by atoms with Crippen LogP contribution in [0.25, 0.3) is 16.5 Å². The SMILES string of the molecule is Cc1cc(C=CC[C@@](N)(C(=O)O)C2CCCC2)cc(-c2cc(C(N)=O)c(NC(N)=O)s2)c1. The van der Waals surface area contributed by atoms with Crippen molar-refractivity contribution in [3.63, 3.8) is 0 Å². The fourth-order valence-corrected chi connectivity index (χ4v) is 5.29. The predicted molar refractivity (Wildman–Crippen MR) is 126 cm³/mol. The van der Waals surface area contributed by atoms with Crippen molar-refractivity contribution in [2.24, 2.45) is 23.1 Å². The first-order chi connectivity index (χ1) is 15.1. The number of carboxylic acid groups (broad SMARTS) is 1. The van der Waals surface area contributed by atoms with Gasteiger partial charge in [0.1, 0.15) is 10.5 Å². The van der Waals surface area contributed by atoms with E-state index in [1.54, 1.807) is 6.07 Å². The Bertz CT molecular complexity index is 1070. The Balaban J connectivity index is 1.87. The van der Waals surface area contributed by atoms with E-state index < -0.39 is 23.4 Å². The average Bonchev–Trinajstić information content (AvgIpc) is 3.37. The second-order valence-electron chi connectivity index (χ2n) is 8.27. The van der Waals surface area contributed by atoms with Crippen molar-refractivity contribution in [1.29, 1.82) is 0 Å². The molecule has 32 heavy (non-hydrogen) atoms. The fraction of sp³-hybridized carbons (Fsp3) is 0.348. The van der Waals surface area contributed by atoms with Gasteiger partial charge in [-0.15, -0.1) is 11.3 Å². The molecule has 9 heteroatoms. The van der Waals surface area contributed by atoms with Gasteiger partial charge in [-0.1, -0.05) is 37.1 Å². The van der Waals surface area contributed by atoms with Crippen LogP contribution in [0.1, 0.15) is 53.6 Å². The lowest BCUT2D eigenvalue weighted by Crippen LogP contribution is -2.53. The minimum absolute atomic E-state index is 0.0211. The molecule has 0 unspecified atom stereocenters. The summed E-state index contributed by atoms with van der Waals surface area (Å²) in [5.74, 6) is -1.65. The first-order valence-corrected chi connectivity index (χ1v) is 11.2. The number of aryl methyl sites for hydroxylation is 1. The highest BCUT2D eigenvalue weighted by Crippen LogP contribution is 2.37. The monoisotopic (exact) mass is 456 g/mol. The average molecular weight is 457 g/mol. The molecule has 0 spiro atoms. The van der Waals surface area contributed by atoms with Crippen molar-refractivity contribution in [2.75, 3.05) is 5.32 Å². The highest BCUT2D eigenvalue weighted by molar-refractivity contribution is 7.20. The zero-order valence-electron chi connectivity index (χ0n) is 17.9. The summed E-state index contributed by atoms with van der Waals surface area (Å²) in [6.45, 7) is 1.94. The highest BCUT2D eigenvalue weighted by Gasteiger charge is 2.42. The van der Waals surface area contributed by atoms with Crippen LogP contribution in [0.4, 0.5) is 9.80 Å². The Morgan fingerprint density at radius 3 is 2.47 bits per heavy atom. The Morgan fingerprint density at radius 1 is 1.19 bits per heavy atom. The Morgan fingerprint density at radius 2 is 1.88 bits per heavy atom. The van der Waals surface area contributed by atoms with Crippen LogP contribution in [0.15, 0.2) is 30.3 Å². The molecule has 0 aliphatic heterocycles. The molecular formula is C23H28N4O4S. The van der Waals surface area contributed by atoms with Gasteiger partial charge in [0.05, 0.1) is 5.56 Å². The van der Waals surface area contributed by atoms with E-state index in [2.05, 4.69) is 5.32 Å². The topological polar surface area (TPSA) is 162 Å². The van der Waals surface area contributed by atoms with Crippen LogP contribution >= 0.6 is 11.3 Å². The van der Waals surface area contributed by atoms with Gasteiger partial charge in [0, 0.05) is 4.88 Å². The first kappa shape index (κ1) is 23.5. The molecule has 1 saturated carbocycles. The molecule has 1 aliphatic carbocycles. The molecule has 2 aromatic rings. The van der Waals surface area contributed by atoms with Crippen LogP contribution in [0.2, 0.25) is 0 Å².